The number of aromatic carboxylic acids is 1. The van der Waals surface area contributed by atoms with E-state index in [1.54, 1.807) is 6.07 Å². The van der Waals surface area contributed by atoms with E-state index in [4.69, 9.17) is 0 Å². The summed E-state index contributed by atoms with van der Waals surface area (Å²) in [7, 11) is 0. The molecule has 3 heteroatoms. The predicted octanol–water partition coefficient (Wildman–Crippen LogP) is 5.89. The standard InChI is InChI=1S/C23H38O3/c1-20(2,3)13-22(7,8)15-11-16(19(25)26)18(24)17(12-15)23(9,10)14-21(4,5)6/h11-12,24H,13-14H2,1-10H3,(H,25,26)/p-1. The summed E-state index contributed by atoms with van der Waals surface area (Å²) < 4.78 is 0. The van der Waals surface area contributed by atoms with E-state index in [9.17, 15) is 15.0 Å². The van der Waals surface area contributed by atoms with E-state index in [2.05, 4.69) is 55.4 Å². The monoisotopic (exact) mass is 361 g/mol. The fraction of sp³-hybridized carbons (Fsp3) is 0.696. The highest BCUT2D eigenvalue weighted by molar-refractivity contribution is 5.91. The Labute approximate surface area is 159 Å². The van der Waals surface area contributed by atoms with Crippen molar-refractivity contribution in [2.24, 2.45) is 10.8 Å². The molecule has 3 nitrogen and oxygen atoms in total. The minimum atomic E-state index is -1.14. The summed E-state index contributed by atoms with van der Waals surface area (Å²) in [6.45, 7) is 21.3. The molecule has 0 aliphatic carbocycles. The van der Waals surface area contributed by atoms with Crippen LogP contribution in [-0.2, 0) is 10.8 Å². The van der Waals surface area contributed by atoms with Gasteiger partial charge in [-0.1, -0.05) is 81.1 Å². The van der Waals surface area contributed by atoms with Gasteiger partial charge in [-0.15, -0.1) is 0 Å². The van der Waals surface area contributed by atoms with Gasteiger partial charge in [0.1, 0.15) is 0 Å². The Bertz CT molecular complexity index is 668. The van der Waals surface area contributed by atoms with E-state index in [0.717, 1.165) is 18.4 Å². The first kappa shape index (κ1) is 22.5. The van der Waals surface area contributed by atoms with Gasteiger partial charge in [0.05, 0.1) is 5.56 Å². The molecule has 0 heterocycles. The van der Waals surface area contributed by atoms with Crippen LogP contribution in [0.1, 0.15) is 104 Å². The Morgan fingerprint density at radius 2 is 1.27 bits per heavy atom. The zero-order valence-corrected chi connectivity index (χ0v) is 18.3. The van der Waals surface area contributed by atoms with Crippen LogP contribution in [0.5, 0.6) is 5.75 Å². The third-order valence-corrected chi connectivity index (χ3v) is 4.77. The van der Waals surface area contributed by atoms with Gasteiger partial charge in [0, 0.05) is 0 Å². The van der Waals surface area contributed by atoms with Crippen LogP contribution in [0.15, 0.2) is 12.1 Å². The maximum atomic E-state index is 12.9. The third-order valence-electron chi connectivity index (χ3n) is 4.77. The molecule has 0 amide bonds. The average molecular weight is 362 g/mol. The number of rotatable bonds is 5. The Kier molecular flexibility index (Phi) is 5.98. The lowest BCUT2D eigenvalue weighted by molar-refractivity contribution is -0.270. The summed E-state index contributed by atoms with van der Waals surface area (Å²) in [6, 6.07) is 3.55. The van der Waals surface area contributed by atoms with Crippen molar-refractivity contribution in [2.45, 2.75) is 92.9 Å². The fourth-order valence-corrected chi connectivity index (χ4v) is 4.53. The molecule has 0 fully saturated rings. The minimum Gasteiger partial charge on any atom is -0.872 e. The number of hydrogen-bond acceptors (Lipinski definition) is 2. The summed E-state index contributed by atoms with van der Waals surface area (Å²) in [5.41, 5.74) is 0.961. The first-order chi connectivity index (χ1) is 11.4. The second kappa shape index (κ2) is 6.90. The van der Waals surface area contributed by atoms with Gasteiger partial charge in [-0.3, -0.25) is 0 Å². The largest absolute Gasteiger partial charge is 0.872 e. The lowest BCUT2D eigenvalue weighted by Crippen LogP contribution is -2.29. The maximum absolute atomic E-state index is 12.9. The first-order valence-corrected chi connectivity index (χ1v) is 9.45. The molecule has 1 aromatic carbocycles. The molecule has 0 aliphatic heterocycles. The van der Waals surface area contributed by atoms with E-state index in [-0.39, 0.29) is 27.6 Å². The molecular formula is C23H37O3-. The molecule has 148 valence electrons. The van der Waals surface area contributed by atoms with Crippen LogP contribution >= 0.6 is 0 Å². The lowest BCUT2D eigenvalue weighted by atomic mass is 9.68. The Hall–Kier alpha value is -1.51. The Balaban J connectivity index is 3.63. The summed E-state index contributed by atoms with van der Waals surface area (Å²) in [6.07, 6.45) is 1.70. The molecule has 0 saturated carbocycles. The Morgan fingerprint density at radius 3 is 1.65 bits per heavy atom. The van der Waals surface area contributed by atoms with Gasteiger partial charge < -0.3 is 10.2 Å². The second-order valence-corrected chi connectivity index (χ2v) is 11.4. The van der Waals surface area contributed by atoms with Gasteiger partial charge >= 0.3 is 5.97 Å². The number of hydrogen-bond donors (Lipinski definition) is 1. The summed E-state index contributed by atoms with van der Waals surface area (Å²) in [4.78, 5) is 11.8. The van der Waals surface area contributed by atoms with Crippen LogP contribution < -0.4 is 5.11 Å². The second-order valence-electron chi connectivity index (χ2n) is 11.4. The molecular weight excluding hydrogens is 324 g/mol. The van der Waals surface area contributed by atoms with Crippen LogP contribution in [0.2, 0.25) is 0 Å². The highest BCUT2D eigenvalue weighted by Gasteiger charge is 2.33. The van der Waals surface area contributed by atoms with Gasteiger partial charge in [-0.05, 0) is 51.7 Å². The highest BCUT2D eigenvalue weighted by atomic mass is 16.4. The topological polar surface area (TPSA) is 60.4 Å². The van der Waals surface area contributed by atoms with Crippen LogP contribution in [0.3, 0.4) is 0 Å². The molecule has 0 unspecified atom stereocenters. The normalized spacial score (nSPS) is 13.8. The van der Waals surface area contributed by atoms with Crippen molar-refractivity contribution in [3.05, 3.63) is 28.8 Å². The predicted molar refractivity (Wildman–Crippen MR) is 107 cm³/mol. The molecule has 0 spiro atoms. The van der Waals surface area contributed by atoms with E-state index < -0.39 is 11.4 Å². The van der Waals surface area contributed by atoms with Crippen LogP contribution in [-0.4, -0.2) is 11.1 Å². The lowest BCUT2D eigenvalue weighted by Gasteiger charge is -2.39. The van der Waals surface area contributed by atoms with Crippen molar-refractivity contribution in [1.82, 2.24) is 0 Å². The summed E-state index contributed by atoms with van der Waals surface area (Å²) >= 11 is 0. The van der Waals surface area contributed by atoms with E-state index in [1.807, 2.05) is 19.9 Å². The van der Waals surface area contributed by atoms with Crippen molar-refractivity contribution >= 4 is 5.97 Å². The van der Waals surface area contributed by atoms with Gasteiger partial charge in [0.25, 0.3) is 0 Å². The highest BCUT2D eigenvalue weighted by Crippen LogP contribution is 2.44. The SMILES string of the molecule is CC(C)(C)CC(C)(C)c1cc(C(=O)O)c([O-])c(C(C)(C)CC(C)(C)C)c1. The average Bonchev–Trinajstić information content (AvgIpc) is 2.31. The zero-order chi connectivity index (χ0) is 20.7. The number of carboxylic acids is 1. The Morgan fingerprint density at radius 1 is 0.846 bits per heavy atom. The molecule has 1 rings (SSSR count). The van der Waals surface area contributed by atoms with Gasteiger partial charge in [0.2, 0.25) is 0 Å². The molecule has 0 aromatic heterocycles. The van der Waals surface area contributed by atoms with Crippen LogP contribution in [0.25, 0.3) is 0 Å². The van der Waals surface area contributed by atoms with Gasteiger partial charge in [0.15, 0.2) is 0 Å². The van der Waals surface area contributed by atoms with Crippen molar-refractivity contribution < 1.29 is 15.0 Å². The molecule has 0 bridgehead atoms. The molecule has 0 radical (unpaired) electrons. The number of benzene rings is 1. The van der Waals surface area contributed by atoms with Crippen LogP contribution in [0.4, 0.5) is 0 Å². The minimum absolute atomic E-state index is 0.0380. The summed E-state index contributed by atoms with van der Waals surface area (Å²) in [5.74, 6) is -1.49. The molecule has 26 heavy (non-hydrogen) atoms. The van der Waals surface area contributed by atoms with E-state index >= 15 is 0 Å². The van der Waals surface area contributed by atoms with Gasteiger partial charge in [-0.2, -0.15) is 0 Å². The number of carboxylic acid groups (broad SMARTS) is 1. The van der Waals surface area contributed by atoms with Crippen molar-refractivity contribution in [3.63, 3.8) is 0 Å². The molecule has 1 N–H and O–H groups in total. The fourth-order valence-electron chi connectivity index (χ4n) is 4.53. The van der Waals surface area contributed by atoms with E-state index in [1.165, 1.54) is 0 Å². The quantitative estimate of drug-likeness (QED) is 0.711. The molecule has 1 aromatic rings. The zero-order valence-electron chi connectivity index (χ0n) is 18.3. The van der Waals surface area contributed by atoms with Crippen molar-refractivity contribution in [2.75, 3.05) is 0 Å². The summed E-state index contributed by atoms with van der Waals surface area (Å²) in [5, 5.41) is 22.5. The molecule has 0 aliphatic rings. The van der Waals surface area contributed by atoms with Gasteiger partial charge in [-0.25, -0.2) is 4.79 Å². The number of carbonyl (C=O) groups is 1. The maximum Gasteiger partial charge on any atom is 0.335 e. The third kappa shape index (κ3) is 5.75. The smallest absolute Gasteiger partial charge is 0.335 e. The van der Waals surface area contributed by atoms with Crippen molar-refractivity contribution in [1.29, 1.82) is 0 Å². The molecule has 0 atom stereocenters. The van der Waals surface area contributed by atoms with E-state index in [0.29, 0.717) is 5.56 Å². The van der Waals surface area contributed by atoms with Crippen LogP contribution in [0, 0.1) is 10.8 Å². The van der Waals surface area contributed by atoms with Crippen molar-refractivity contribution in [3.8, 4) is 5.75 Å². The first-order valence-electron chi connectivity index (χ1n) is 9.45. The molecule has 0 saturated heterocycles.